The number of pyridine rings is 1. The number of benzene rings is 2. The van der Waals surface area contributed by atoms with Gasteiger partial charge >= 0.3 is 0 Å². The lowest BCUT2D eigenvalue weighted by Gasteiger charge is -2.16. The number of rotatable bonds is 6. The summed E-state index contributed by atoms with van der Waals surface area (Å²) in [7, 11) is 4.09. The van der Waals surface area contributed by atoms with Gasteiger partial charge in [-0.3, -0.25) is 10.3 Å². The predicted octanol–water partition coefficient (Wildman–Crippen LogP) is 5.48. The molecular weight excluding hydrogens is 382 g/mol. The summed E-state index contributed by atoms with van der Waals surface area (Å²) in [5, 5.41) is 13.7. The first-order chi connectivity index (χ1) is 14.9. The van der Waals surface area contributed by atoms with Crippen molar-refractivity contribution >= 4 is 33.9 Å². The molecule has 2 heterocycles. The Morgan fingerprint density at radius 1 is 1.10 bits per heavy atom. The van der Waals surface area contributed by atoms with E-state index in [9.17, 15) is 5.26 Å². The van der Waals surface area contributed by atoms with Gasteiger partial charge in [0.15, 0.2) is 0 Å². The maximum absolute atomic E-state index is 10.00. The Hall–Kier alpha value is -3.52. The third-order valence-corrected chi connectivity index (χ3v) is 5.93. The maximum Gasteiger partial charge on any atom is 0.250 e. The Bertz CT molecular complexity index is 1270. The highest BCUT2D eigenvalue weighted by atomic mass is 15.1. The fourth-order valence-electron chi connectivity index (χ4n) is 4.11. The van der Waals surface area contributed by atoms with Crippen LogP contribution in [0.3, 0.4) is 0 Å². The normalized spacial score (nSPS) is 11.3. The van der Waals surface area contributed by atoms with Gasteiger partial charge in [0.05, 0.1) is 5.69 Å². The second-order valence-corrected chi connectivity index (χ2v) is 8.76. The van der Waals surface area contributed by atoms with E-state index in [2.05, 4.69) is 82.8 Å². The molecule has 0 fully saturated rings. The molecule has 0 aliphatic heterocycles. The van der Waals surface area contributed by atoms with Crippen LogP contribution in [0.2, 0.25) is 0 Å². The molecule has 0 unspecified atom stereocenters. The third kappa shape index (κ3) is 3.82. The van der Waals surface area contributed by atoms with Gasteiger partial charge in [0, 0.05) is 25.3 Å². The van der Waals surface area contributed by atoms with E-state index in [0.717, 1.165) is 52.3 Å². The van der Waals surface area contributed by atoms with Crippen LogP contribution in [0.15, 0.2) is 48.5 Å². The largest absolute Gasteiger partial charge is 0.378 e. The third-order valence-electron chi connectivity index (χ3n) is 5.93. The molecule has 4 rings (SSSR count). The SMILES string of the molecule is Cc1c(CCC(C)C)c(Nc2ccc(N(C)C)cc2)[n+]2c([nH]c3ccccc32)c1C#N. The van der Waals surface area contributed by atoms with Gasteiger partial charge in [-0.2, -0.15) is 9.66 Å². The van der Waals surface area contributed by atoms with Crippen LogP contribution in [0.1, 0.15) is 37.0 Å². The summed E-state index contributed by atoms with van der Waals surface area (Å²) in [5.74, 6) is 1.61. The Morgan fingerprint density at radius 3 is 2.45 bits per heavy atom. The molecule has 2 aromatic heterocycles. The van der Waals surface area contributed by atoms with Gasteiger partial charge in [0.1, 0.15) is 22.7 Å². The van der Waals surface area contributed by atoms with Crippen molar-refractivity contribution in [3.05, 3.63) is 65.2 Å². The number of imidazole rings is 1. The minimum atomic E-state index is 0.584. The second-order valence-electron chi connectivity index (χ2n) is 8.76. The number of nitrogens with one attached hydrogen (secondary N) is 2. The molecule has 0 aliphatic rings. The summed E-state index contributed by atoms with van der Waals surface area (Å²) in [6.45, 7) is 6.55. The van der Waals surface area contributed by atoms with Crippen molar-refractivity contribution in [2.75, 3.05) is 24.3 Å². The zero-order valence-corrected chi connectivity index (χ0v) is 19.0. The topological polar surface area (TPSA) is 58.9 Å². The summed E-state index contributed by atoms with van der Waals surface area (Å²) < 4.78 is 2.18. The lowest BCUT2D eigenvalue weighted by Crippen LogP contribution is -2.28. The first-order valence-corrected chi connectivity index (χ1v) is 10.8. The van der Waals surface area contributed by atoms with Crippen molar-refractivity contribution in [2.45, 2.75) is 33.6 Å². The van der Waals surface area contributed by atoms with Crippen LogP contribution < -0.4 is 14.6 Å². The molecule has 158 valence electrons. The standard InChI is InChI=1S/C26H29N5/c1-17(2)10-15-21-18(3)22(16-27)26-29-23-8-6-7-9-24(23)31(26)25(21)28-19-11-13-20(14-12-19)30(4)5/h6-9,11-14,17H,10,15H2,1-5H3,(H,28,29)/p+1. The number of fused-ring (bicyclic) bond motifs is 3. The Labute approximate surface area is 183 Å². The fourth-order valence-corrected chi connectivity index (χ4v) is 4.11. The van der Waals surface area contributed by atoms with Crippen molar-refractivity contribution in [3.63, 3.8) is 0 Å². The zero-order valence-electron chi connectivity index (χ0n) is 19.0. The van der Waals surface area contributed by atoms with Gasteiger partial charge in [0.25, 0.3) is 0 Å². The first-order valence-electron chi connectivity index (χ1n) is 10.8. The monoisotopic (exact) mass is 412 g/mol. The number of H-pyrrole nitrogens is 1. The van der Waals surface area contributed by atoms with Crippen LogP contribution in [0, 0.1) is 24.2 Å². The molecule has 0 atom stereocenters. The smallest absolute Gasteiger partial charge is 0.250 e. The average Bonchev–Trinajstić information content (AvgIpc) is 3.13. The van der Waals surface area contributed by atoms with Crippen LogP contribution in [0.25, 0.3) is 16.7 Å². The minimum Gasteiger partial charge on any atom is -0.378 e. The van der Waals surface area contributed by atoms with Crippen LogP contribution in [-0.2, 0) is 6.42 Å². The van der Waals surface area contributed by atoms with Crippen LogP contribution in [-0.4, -0.2) is 19.1 Å². The number of anilines is 3. The number of nitrogens with zero attached hydrogens (tertiary/aromatic N) is 3. The number of para-hydroxylation sites is 2. The number of aromatic amines is 1. The van der Waals surface area contributed by atoms with Crippen molar-refractivity contribution in [1.82, 2.24) is 4.98 Å². The van der Waals surface area contributed by atoms with Crippen LogP contribution >= 0.6 is 0 Å². The summed E-state index contributed by atoms with van der Waals surface area (Å²) in [4.78, 5) is 5.57. The van der Waals surface area contributed by atoms with Gasteiger partial charge in [-0.05, 0) is 67.6 Å². The first kappa shape index (κ1) is 20.7. The van der Waals surface area contributed by atoms with E-state index < -0.39 is 0 Å². The fraction of sp³-hybridized carbons (Fsp3) is 0.308. The highest BCUT2D eigenvalue weighted by Crippen LogP contribution is 2.29. The highest BCUT2D eigenvalue weighted by molar-refractivity contribution is 5.78. The van der Waals surface area contributed by atoms with Crippen molar-refractivity contribution in [2.24, 2.45) is 5.92 Å². The lowest BCUT2D eigenvalue weighted by atomic mass is 9.96. The molecule has 0 amide bonds. The second kappa shape index (κ2) is 8.31. The molecule has 0 spiro atoms. The Kier molecular flexibility index (Phi) is 5.56. The molecule has 0 radical (unpaired) electrons. The van der Waals surface area contributed by atoms with Gasteiger partial charge in [-0.1, -0.05) is 26.0 Å². The number of aromatic nitrogens is 2. The lowest BCUT2D eigenvalue weighted by molar-refractivity contribution is -0.465. The molecule has 0 aliphatic carbocycles. The maximum atomic E-state index is 10.00. The van der Waals surface area contributed by atoms with E-state index in [1.54, 1.807) is 0 Å². The molecule has 4 aromatic rings. The quantitative estimate of drug-likeness (QED) is 0.412. The Balaban J connectivity index is 1.97. The molecule has 2 N–H and O–H groups in total. The van der Waals surface area contributed by atoms with Gasteiger partial charge < -0.3 is 4.90 Å². The Morgan fingerprint density at radius 2 is 1.81 bits per heavy atom. The molecular formula is C26H30N5+. The molecule has 0 bridgehead atoms. The van der Waals surface area contributed by atoms with Gasteiger partial charge in [-0.15, -0.1) is 0 Å². The van der Waals surface area contributed by atoms with Crippen molar-refractivity contribution in [1.29, 1.82) is 5.26 Å². The zero-order chi connectivity index (χ0) is 22.1. The summed E-state index contributed by atoms with van der Waals surface area (Å²) >= 11 is 0. The number of nitriles is 1. The van der Waals surface area contributed by atoms with E-state index in [-0.39, 0.29) is 0 Å². The van der Waals surface area contributed by atoms with E-state index in [0.29, 0.717) is 11.5 Å². The molecule has 2 aromatic carbocycles. The van der Waals surface area contributed by atoms with E-state index in [1.165, 1.54) is 5.56 Å². The van der Waals surface area contributed by atoms with Gasteiger partial charge in [-0.25, -0.2) is 0 Å². The summed E-state index contributed by atoms with van der Waals surface area (Å²) in [5.41, 5.74) is 8.06. The molecule has 0 saturated heterocycles. The summed E-state index contributed by atoms with van der Waals surface area (Å²) in [6.07, 6.45) is 1.98. The number of hydrogen-bond donors (Lipinski definition) is 2. The predicted molar refractivity (Wildman–Crippen MR) is 128 cm³/mol. The molecule has 5 nitrogen and oxygen atoms in total. The minimum absolute atomic E-state index is 0.584. The van der Waals surface area contributed by atoms with Crippen molar-refractivity contribution < 1.29 is 4.40 Å². The van der Waals surface area contributed by atoms with Gasteiger partial charge in [0.2, 0.25) is 11.5 Å². The van der Waals surface area contributed by atoms with Crippen LogP contribution in [0.5, 0.6) is 0 Å². The molecule has 0 saturated carbocycles. The molecule has 31 heavy (non-hydrogen) atoms. The molecule has 5 heteroatoms. The highest BCUT2D eigenvalue weighted by Gasteiger charge is 2.26. The number of hydrogen-bond acceptors (Lipinski definition) is 3. The van der Waals surface area contributed by atoms with E-state index >= 15 is 0 Å². The van der Waals surface area contributed by atoms with Crippen LogP contribution in [0.4, 0.5) is 17.2 Å². The van der Waals surface area contributed by atoms with Crippen molar-refractivity contribution in [3.8, 4) is 6.07 Å². The average molecular weight is 413 g/mol. The van der Waals surface area contributed by atoms with E-state index in [1.807, 2.05) is 26.2 Å². The van der Waals surface area contributed by atoms with E-state index in [4.69, 9.17) is 0 Å². The summed E-state index contributed by atoms with van der Waals surface area (Å²) in [6, 6.07) is 19.1.